The van der Waals surface area contributed by atoms with E-state index >= 15 is 0 Å². The Bertz CT molecular complexity index is 316. The molecule has 0 amide bonds. The maximum atomic E-state index is 11.3. The van der Waals surface area contributed by atoms with Crippen LogP contribution in [0.4, 0.5) is 0 Å². The highest BCUT2D eigenvalue weighted by atomic mass is 32.2. The summed E-state index contributed by atoms with van der Waals surface area (Å²) in [4.78, 5) is 2.12. The van der Waals surface area contributed by atoms with E-state index in [0.29, 0.717) is 25.4 Å². The lowest BCUT2D eigenvalue weighted by Gasteiger charge is -2.21. The molecule has 1 N–H and O–H groups in total. The van der Waals surface area contributed by atoms with E-state index in [1.54, 1.807) is 6.92 Å². The van der Waals surface area contributed by atoms with Crippen LogP contribution in [0.25, 0.3) is 0 Å². The first kappa shape index (κ1) is 13.9. The lowest BCUT2D eigenvalue weighted by Crippen LogP contribution is -2.32. The minimum atomic E-state index is -2.89. The van der Waals surface area contributed by atoms with Crippen LogP contribution < -0.4 is 0 Å². The highest BCUT2D eigenvalue weighted by molar-refractivity contribution is 7.91. The Labute approximate surface area is 98.6 Å². The monoisotopic (exact) mass is 249 g/mol. The summed E-state index contributed by atoms with van der Waals surface area (Å²) < 4.78 is 22.6. The maximum absolute atomic E-state index is 11.3. The zero-order valence-corrected chi connectivity index (χ0v) is 11.3. The van der Waals surface area contributed by atoms with Gasteiger partial charge in [-0.15, -0.1) is 0 Å². The van der Waals surface area contributed by atoms with Crippen LogP contribution in [-0.4, -0.2) is 55.2 Å². The summed E-state index contributed by atoms with van der Waals surface area (Å²) >= 11 is 0. The normalized spacial score (nSPS) is 32.1. The van der Waals surface area contributed by atoms with Crippen molar-refractivity contribution in [2.45, 2.75) is 44.8 Å². The third-order valence-corrected chi connectivity index (χ3v) is 5.30. The van der Waals surface area contributed by atoms with E-state index in [4.69, 9.17) is 0 Å². The Hall–Kier alpha value is -0.130. The van der Waals surface area contributed by atoms with Crippen molar-refractivity contribution in [3.63, 3.8) is 0 Å². The molecule has 96 valence electrons. The fourth-order valence-corrected chi connectivity index (χ4v) is 3.21. The predicted octanol–water partition coefficient (Wildman–Crippen LogP) is 0.656. The van der Waals surface area contributed by atoms with Gasteiger partial charge < -0.3 is 10.0 Å². The molecule has 1 aliphatic heterocycles. The fraction of sp³-hybridized carbons (Fsp3) is 1.00. The summed E-state index contributed by atoms with van der Waals surface area (Å²) in [6, 6.07) is 0.382. The molecule has 5 heteroatoms. The number of hydrogen-bond acceptors (Lipinski definition) is 4. The number of nitrogens with zero attached hydrogens (tertiary/aromatic N) is 1. The number of hydrogen-bond donors (Lipinski definition) is 1. The van der Waals surface area contributed by atoms with E-state index in [2.05, 4.69) is 11.8 Å². The van der Waals surface area contributed by atoms with Crippen LogP contribution in [0.5, 0.6) is 0 Å². The second kappa shape index (κ2) is 5.02. The average Bonchev–Trinajstić information content (AvgIpc) is 2.40. The van der Waals surface area contributed by atoms with E-state index in [1.807, 2.05) is 7.05 Å². The molecule has 16 heavy (non-hydrogen) atoms. The van der Waals surface area contributed by atoms with Gasteiger partial charge in [0.15, 0.2) is 0 Å². The van der Waals surface area contributed by atoms with Crippen molar-refractivity contribution in [3.05, 3.63) is 0 Å². The summed E-state index contributed by atoms with van der Waals surface area (Å²) in [6.45, 7) is 4.40. The smallest absolute Gasteiger partial charge is 0.150 e. The van der Waals surface area contributed by atoms with Crippen LogP contribution >= 0.6 is 0 Å². The van der Waals surface area contributed by atoms with E-state index < -0.39 is 15.4 Å². The van der Waals surface area contributed by atoms with Gasteiger partial charge in [0.25, 0.3) is 0 Å². The van der Waals surface area contributed by atoms with Gasteiger partial charge in [0.05, 0.1) is 11.4 Å². The van der Waals surface area contributed by atoms with E-state index in [-0.39, 0.29) is 11.5 Å². The van der Waals surface area contributed by atoms with Crippen LogP contribution in [-0.2, 0) is 9.84 Å². The summed E-state index contributed by atoms with van der Waals surface area (Å²) in [5.41, 5.74) is -0.683. The molecule has 1 rings (SSSR count). The van der Waals surface area contributed by atoms with Gasteiger partial charge in [-0.25, -0.2) is 8.42 Å². The molecule has 1 aliphatic rings. The van der Waals surface area contributed by atoms with Crippen LogP contribution in [0, 0.1) is 0 Å². The molecule has 0 spiro atoms. The molecule has 1 saturated heterocycles. The van der Waals surface area contributed by atoms with Crippen molar-refractivity contribution in [1.29, 1.82) is 0 Å². The van der Waals surface area contributed by atoms with Crippen LogP contribution in [0.2, 0.25) is 0 Å². The van der Waals surface area contributed by atoms with Crippen molar-refractivity contribution in [2.24, 2.45) is 0 Å². The number of likely N-dealkylation sites (N-methyl/N-ethyl adjacent to an activating group) is 1. The van der Waals surface area contributed by atoms with E-state index in [0.717, 1.165) is 6.42 Å². The molecule has 0 saturated carbocycles. The number of likely N-dealkylation sites (tertiary alicyclic amines) is 1. The third kappa shape index (κ3) is 3.71. The zero-order valence-electron chi connectivity index (χ0n) is 10.4. The molecule has 0 aromatic heterocycles. The summed E-state index contributed by atoms with van der Waals surface area (Å²) in [5, 5.41) is 10.3. The van der Waals surface area contributed by atoms with E-state index in [1.165, 1.54) is 0 Å². The van der Waals surface area contributed by atoms with Crippen molar-refractivity contribution >= 4 is 9.84 Å². The quantitative estimate of drug-likeness (QED) is 0.777. The topological polar surface area (TPSA) is 57.6 Å². The van der Waals surface area contributed by atoms with Crippen molar-refractivity contribution in [3.8, 4) is 0 Å². The molecule has 1 fully saturated rings. The first-order chi connectivity index (χ1) is 7.28. The van der Waals surface area contributed by atoms with Crippen LogP contribution in [0.1, 0.15) is 33.1 Å². The molecule has 1 heterocycles. The molecule has 0 radical (unpaired) electrons. The Kier molecular flexibility index (Phi) is 4.37. The van der Waals surface area contributed by atoms with Gasteiger partial charge in [0.2, 0.25) is 0 Å². The molecule has 2 atom stereocenters. The fourth-order valence-electron chi connectivity index (χ4n) is 2.34. The number of rotatable bonds is 5. The number of sulfone groups is 1. The van der Waals surface area contributed by atoms with Gasteiger partial charge >= 0.3 is 0 Å². The molecular weight excluding hydrogens is 226 g/mol. The first-order valence-electron chi connectivity index (χ1n) is 5.91. The molecular formula is C11H23NO3S. The largest absolute Gasteiger partial charge is 0.388 e. The van der Waals surface area contributed by atoms with Gasteiger partial charge in [0, 0.05) is 18.3 Å². The van der Waals surface area contributed by atoms with Gasteiger partial charge in [-0.1, -0.05) is 6.92 Å². The molecule has 0 aliphatic carbocycles. The number of aliphatic hydroxyl groups is 1. The minimum Gasteiger partial charge on any atom is -0.388 e. The van der Waals surface area contributed by atoms with Crippen molar-refractivity contribution in [2.75, 3.05) is 25.1 Å². The minimum absolute atomic E-state index is 0.196. The highest BCUT2D eigenvalue weighted by Gasteiger charge is 2.38. The number of β-amino-alcohol motifs (C(OH)–C–C–N with tert-alkyl or cyclic N) is 1. The van der Waals surface area contributed by atoms with Crippen molar-refractivity contribution < 1.29 is 13.5 Å². The molecule has 0 bridgehead atoms. The Morgan fingerprint density at radius 1 is 1.50 bits per heavy atom. The maximum Gasteiger partial charge on any atom is 0.150 e. The van der Waals surface area contributed by atoms with Gasteiger partial charge in [0.1, 0.15) is 9.84 Å². The Morgan fingerprint density at radius 2 is 2.12 bits per heavy atom. The Morgan fingerprint density at radius 3 is 2.56 bits per heavy atom. The van der Waals surface area contributed by atoms with Gasteiger partial charge in [-0.05, 0) is 33.2 Å². The summed E-state index contributed by atoms with van der Waals surface area (Å²) in [5.74, 6) is 0.394. The van der Waals surface area contributed by atoms with Crippen LogP contribution in [0.3, 0.4) is 0 Å². The molecule has 2 unspecified atom stereocenters. The highest BCUT2D eigenvalue weighted by Crippen LogP contribution is 2.29. The lowest BCUT2D eigenvalue weighted by molar-refractivity contribution is 0.0423. The summed E-state index contributed by atoms with van der Waals surface area (Å²) in [6.07, 6.45) is 1.89. The van der Waals surface area contributed by atoms with Crippen molar-refractivity contribution in [1.82, 2.24) is 4.90 Å². The zero-order chi connectivity index (χ0) is 12.4. The lowest BCUT2D eigenvalue weighted by atomic mass is 9.95. The molecule has 4 nitrogen and oxygen atoms in total. The first-order valence-corrected chi connectivity index (χ1v) is 7.73. The summed E-state index contributed by atoms with van der Waals surface area (Å²) in [7, 11) is -0.898. The predicted molar refractivity (Wildman–Crippen MR) is 65.2 cm³/mol. The third-order valence-electron chi connectivity index (χ3n) is 3.51. The Balaban J connectivity index is 2.39. The standard InChI is InChI=1S/C11H23NO3S/c1-4-16(14,15)7-5-6-11(13)8-10(2)12(3)9-11/h10,13H,4-9H2,1-3H3. The van der Waals surface area contributed by atoms with Gasteiger partial charge in [-0.2, -0.15) is 0 Å². The van der Waals surface area contributed by atoms with Crippen LogP contribution in [0.15, 0.2) is 0 Å². The SMILES string of the molecule is CCS(=O)(=O)CCCC1(O)CC(C)N(C)C1. The molecule has 0 aromatic carbocycles. The second-order valence-corrected chi connectivity index (χ2v) is 7.51. The molecule has 0 aromatic rings. The second-order valence-electron chi connectivity index (χ2n) is 5.03. The average molecular weight is 249 g/mol. The van der Waals surface area contributed by atoms with Gasteiger partial charge in [-0.3, -0.25) is 0 Å². The van der Waals surface area contributed by atoms with E-state index in [9.17, 15) is 13.5 Å².